The molecule has 0 spiro atoms. The molecule has 0 saturated carbocycles. The zero-order valence-corrected chi connectivity index (χ0v) is 20.3. The molecule has 1 aliphatic carbocycles. The van der Waals surface area contributed by atoms with Crippen LogP contribution in [0.5, 0.6) is 0 Å². The largest absolute Gasteiger partial charge is 0.388 e. The average Bonchev–Trinajstić information content (AvgIpc) is 3.24. The van der Waals surface area contributed by atoms with Crippen LogP contribution in [0.15, 0.2) is 78.7 Å². The lowest BCUT2D eigenvalue weighted by atomic mass is 10.0. The van der Waals surface area contributed by atoms with E-state index in [1.165, 1.54) is 10.8 Å². The third-order valence-corrected chi connectivity index (χ3v) is 6.05. The van der Waals surface area contributed by atoms with Crippen LogP contribution >= 0.6 is 12.2 Å². The summed E-state index contributed by atoms with van der Waals surface area (Å²) in [6.45, 7) is 13.6. The van der Waals surface area contributed by atoms with E-state index in [9.17, 15) is 0 Å². The number of nitrogens with one attached hydrogen (secondary N) is 2. The summed E-state index contributed by atoms with van der Waals surface area (Å²) in [5.74, 6) is 1.13. The van der Waals surface area contributed by atoms with E-state index in [2.05, 4.69) is 79.3 Å². The quantitative estimate of drug-likeness (QED) is 0.208. The van der Waals surface area contributed by atoms with Crippen LogP contribution < -0.4 is 26.8 Å². The van der Waals surface area contributed by atoms with Crippen LogP contribution in [-0.2, 0) is 6.42 Å². The Hall–Kier alpha value is -2.69. The fourth-order valence-electron chi connectivity index (χ4n) is 3.89. The Morgan fingerprint density at radius 2 is 2.06 bits per heavy atom. The Kier molecular flexibility index (Phi) is 10.9. The van der Waals surface area contributed by atoms with Crippen molar-refractivity contribution in [1.29, 1.82) is 0 Å². The molecule has 2 unspecified atom stereocenters. The van der Waals surface area contributed by atoms with E-state index in [4.69, 9.17) is 18.0 Å². The van der Waals surface area contributed by atoms with E-state index in [0.29, 0.717) is 16.8 Å². The van der Waals surface area contributed by atoms with Gasteiger partial charge in [-0.1, -0.05) is 86.1 Å². The van der Waals surface area contributed by atoms with Gasteiger partial charge < -0.3 is 16.4 Å². The highest BCUT2D eigenvalue weighted by atomic mass is 32.1. The minimum Gasteiger partial charge on any atom is -0.388 e. The second-order valence-electron chi connectivity index (χ2n) is 8.10. The van der Waals surface area contributed by atoms with E-state index in [-0.39, 0.29) is 0 Å². The van der Waals surface area contributed by atoms with E-state index in [1.54, 1.807) is 6.20 Å². The number of allylic oxidation sites excluding steroid dienone is 5. The summed E-state index contributed by atoms with van der Waals surface area (Å²) >= 11 is 5.59. The van der Waals surface area contributed by atoms with Gasteiger partial charge in [0.15, 0.2) is 0 Å². The summed E-state index contributed by atoms with van der Waals surface area (Å²) in [6.07, 6.45) is 19.7. The molecule has 1 aromatic carbocycles. The van der Waals surface area contributed by atoms with Crippen LogP contribution in [0.2, 0.25) is 0 Å². The Morgan fingerprint density at radius 3 is 2.75 bits per heavy atom. The van der Waals surface area contributed by atoms with E-state index >= 15 is 0 Å². The van der Waals surface area contributed by atoms with Crippen LogP contribution in [-0.4, -0.2) is 18.1 Å². The average molecular weight is 448 g/mol. The molecule has 0 saturated heterocycles. The number of rotatable bonds is 11. The van der Waals surface area contributed by atoms with Crippen molar-refractivity contribution < 1.29 is 0 Å². The Morgan fingerprint density at radius 1 is 1.28 bits per heavy atom. The summed E-state index contributed by atoms with van der Waals surface area (Å²) in [5, 5.41) is 8.82. The predicted molar refractivity (Wildman–Crippen MR) is 144 cm³/mol. The molecule has 4 heteroatoms. The van der Waals surface area contributed by atoms with Gasteiger partial charge in [-0.3, -0.25) is 0 Å². The van der Waals surface area contributed by atoms with Gasteiger partial charge in [-0.05, 0) is 73.7 Å². The summed E-state index contributed by atoms with van der Waals surface area (Å²) < 4.78 is 0. The fraction of sp³-hybridized carbons (Fsp3) is 0.321. The molecule has 2 rings (SSSR count). The van der Waals surface area contributed by atoms with Gasteiger partial charge in [-0.2, -0.15) is 0 Å². The van der Waals surface area contributed by atoms with Gasteiger partial charge in [0.2, 0.25) is 0 Å². The zero-order valence-electron chi connectivity index (χ0n) is 19.4. The lowest BCUT2D eigenvalue weighted by Gasteiger charge is -2.15. The van der Waals surface area contributed by atoms with Gasteiger partial charge in [0.1, 0.15) is 4.99 Å². The van der Waals surface area contributed by atoms with Gasteiger partial charge >= 0.3 is 0 Å². The minimum atomic E-state index is 0.534. The first-order valence-electron chi connectivity index (χ1n) is 11.3. The van der Waals surface area contributed by atoms with Crippen molar-refractivity contribution in [2.75, 3.05) is 13.1 Å². The maximum atomic E-state index is 5.78. The second-order valence-corrected chi connectivity index (χ2v) is 8.51. The van der Waals surface area contributed by atoms with Gasteiger partial charge in [-0.15, -0.1) is 0 Å². The standard InChI is InChI=1S/C28H37N3S/c1-5-7-13-26-21(3)10-8-11-25(26)12-9-14-27(28(32)30-6-2)22(4)31-18-17-23-15-16-24(19-23)20-29/h5-11,13-16,23-24,31H,2-3,12,17-20,29H2,1,4H3,(H,30,32)/b7-5-,14-9+,26-13+,27-22+. The van der Waals surface area contributed by atoms with Gasteiger partial charge in [-0.25, -0.2) is 0 Å². The molecule has 0 aliphatic heterocycles. The minimum absolute atomic E-state index is 0.534. The van der Waals surface area contributed by atoms with Crippen molar-refractivity contribution in [3.8, 4) is 0 Å². The number of nitrogens with two attached hydrogens (primary N) is 1. The summed E-state index contributed by atoms with van der Waals surface area (Å²) in [5.41, 5.74) is 9.06. The highest BCUT2D eigenvalue weighted by molar-refractivity contribution is 7.80. The molecule has 0 aromatic heterocycles. The topological polar surface area (TPSA) is 50.1 Å². The number of thiocarbonyl (C=S) groups is 1. The molecule has 1 aromatic rings. The highest BCUT2D eigenvalue weighted by Gasteiger charge is 2.17. The van der Waals surface area contributed by atoms with Crippen molar-refractivity contribution in [2.45, 2.75) is 33.1 Å². The zero-order chi connectivity index (χ0) is 23.3. The summed E-state index contributed by atoms with van der Waals surface area (Å²) in [7, 11) is 0. The SMILES string of the molecule is C=CNC(=S)C(/C=C/Cc1cccc(=C)/c1=C\C=C/C)=C(\C)NCCC1C=CC(CN)C1. The van der Waals surface area contributed by atoms with Crippen LogP contribution in [0.3, 0.4) is 0 Å². The maximum absolute atomic E-state index is 5.78. The first-order chi connectivity index (χ1) is 15.5. The van der Waals surface area contributed by atoms with Crippen molar-refractivity contribution in [1.82, 2.24) is 10.6 Å². The number of hydrogen-bond donors (Lipinski definition) is 3. The van der Waals surface area contributed by atoms with Gasteiger partial charge in [0.05, 0.1) is 0 Å². The molecule has 0 radical (unpaired) electrons. The first kappa shape index (κ1) is 25.6. The molecule has 0 bridgehead atoms. The molecule has 0 fully saturated rings. The van der Waals surface area contributed by atoms with Crippen molar-refractivity contribution in [3.05, 3.63) is 94.7 Å². The van der Waals surface area contributed by atoms with Crippen molar-refractivity contribution in [3.63, 3.8) is 0 Å². The molecule has 2 atom stereocenters. The number of hydrogen-bond acceptors (Lipinski definition) is 3. The summed E-state index contributed by atoms with van der Waals surface area (Å²) in [6, 6.07) is 6.24. The molecule has 4 N–H and O–H groups in total. The highest BCUT2D eigenvalue weighted by Crippen LogP contribution is 2.25. The third-order valence-electron chi connectivity index (χ3n) is 5.72. The Labute approximate surface area is 198 Å². The molecule has 0 heterocycles. The lowest BCUT2D eigenvalue weighted by Crippen LogP contribution is -2.26. The van der Waals surface area contributed by atoms with Crippen LogP contribution in [0, 0.1) is 11.8 Å². The third kappa shape index (κ3) is 7.77. The van der Waals surface area contributed by atoms with Crippen molar-refractivity contribution in [2.24, 2.45) is 17.6 Å². The molecule has 0 amide bonds. The van der Waals surface area contributed by atoms with Gasteiger partial charge in [0.25, 0.3) is 0 Å². The number of benzene rings is 1. The van der Waals surface area contributed by atoms with E-state index < -0.39 is 0 Å². The molecule has 32 heavy (non-hydrogen) atoms. The normalized spacial score (nSPS) is 19.5. The molecule has 170 valence electrons. The van der Waals surface area contributed by atoms with Crippen molar-refractivity contribution >= 4 is 29.9 Å². The Balaban J connectivity index is 2.12. The van der Waals surface area contributed by atoms with Crippen LogP contribution in [0.25, 0.3) is 12.7 Å². The van der Waals surface area contributed by atoms with E-state index in [0.717, 1.165) is 48.8 Å². The molecule has 1 aliphatic rings. The fourth-order valence-corrected chi connectivity index (χ4v) is 4.19. The smallest absolute Gasteiger partial charge is 0.112 e. The molecular weight excluding hydrogens is 410 g/mol. The van der Waals surface area contributed by atoms with Gasteiger partial charge in [0, 0.05) is 17.8 Å². The monoisotopic (exact) mass is 447 g/mol. The van der Waals surface area contributed by atoms with E-state index in [1.807, 2.05) is 19.1 Å². The first-order valence-corrected chi connectivity index (χ1v) is 11.7. The second kappa shape index (κ2) is 13.7. The molecule has 3 nitrogen and oxygen atoms in total. The maximum Gasteiger partial charge on any atom is 0.112 e. The lowest BCUT2D eigenvalue weighted by molar-refractivity contribution is 0.492. The van der Waals surface area contributed by atoms with Crippen LogP contribution in [0.4, 0.5) is 0 Å². The Bertz CT molecular complexity index is 1010. The summed E-state index contributed by atoms with van der Waals surface area (Å²) in [4.78, 5) is 0.664. The van der Waals surface area contributed by atoms with Crippen LogP contribution in [0.1, 0.15) is 32.3 Å². The predicted octanol–water partition coefficient (Wildman–Crippen LogP) is 4.02. The molecular formula is C28H37N3S.